The van der Waals surface area contributed by atoms with Gasteiger partial charge in [-0.05, 0) is 46.1 Å². The molecule has 1 saturated heterocycles. The number of carbonyl (C=O) groups excluding carboxylic acids is 1. The molecule has 7 heteroatoms. The minimum absolute atomic E-state index is 0.109. The van der Waals surface area contributed by atoms with Crippen molar-refractivity contribution < 1.29 is 19.4 Å². The summed E-state index contributed by atoms with van der Waals surface area (Å²) in [4.78, 5) is 13.2. The summed E-state index contributed by atoms with van der Waals surface area (Å²) in [6.07, 6.45) is -0.349. The molecule has 1 aliphatic rings. The van der Waals surface area contributed by atoms with E-state index < -0.39 is 12.2 Å². The maximum atomic E-state index is 12.2. The van der Waals surface area contributed by atoms with Crippen LogP contribution in [0.15, 0.2) is 40.2 Å². The zero-order chi connectivity index (χ0) is 17.8. The van der Waals surface area contributed by atoms with Gasteiger partial charge in [0.2, 0.25) is 0 Å². The molecule has 0 aliphatic carbocycles. The molecule has 3 atom stereocenters. The van der Waals surface area contributed by atoms with Crippen molar-refractivity contribution in [3.63, 3.8) is 0 Å². The number of carbonyl (C=O) groups is 1. The highest BCUT2D eigenvalue weighted by atomic mass is 79.9. The average Bonchev–Trinajstić information content (AvgIpc) is 3.15. The molecule has 25 heavy (non-hydrogen) atoms. The second-order valence-corrected chi connectivity index (χ2v) is 7.91. The second kappa shape index (κ2) is 8.31. The third-order valence-corrected chi connectivity index (χ3v) is 5.89. The molecule has 0 bridgehead atoms. The van der Waals surface area contributed by atoms with Gasteiger partial charge in [0.15, 0.2) is 0 Å². The predicted octanol–water partition coefficient (Wildman–Crippen LogP) is 2.55. The van der Waals surface area contributed by atoms with Gasteiger partial charge in [0.05, 0.1) is 19.6 Å². The highest BCUT2D eigenvalue weighted by molar-refractivity contribution is 9.10. The maximum Gasteiger partial charge on any atom is 0.311 e. The summed E-state index contributed by atoms with van der Waals surface area (Å²) in [5.41, 5.74) is 1.09. The number of hydrogen-bond donors (Lipinski definition) is 2. The first-order valence-corrected chi connectivity index (χ1v) is 9.69. The van der Waals surface area contributed by atoms with Crippen LogP contribution in [0.3, 0.4) is 0 Å². The molecule has 0 radical (unpaired) electrons. The third-order valence-electron chi connectivity index (χ3n) is 4.19. The van der Waals surface area contributed by atoms with E-state index in [1.165, 1.54) is 11.3 Å². The van der Waals surface area contributed by atoms with Crippen molar-refractivity contribution in [2.75, 3.05) is 13.7 Å². The van der Waals surface area contributed by atoms with Gasteiger partial charge in [-0.25, -0.2) is 0 Å². The van der Waals surface area contributed by atoms with Crippen molar-refractivity contribution in [2.45, 2.75) is 31.1 Å². The number of methoxy groups -OCH3 is 1. The maximum absolute atomic E-state index is 12.2. The molecule has 1 aromatic carbocycles. The molecule has 134 valence electrons. The van der Waals surface area contributed by atoms with Gasteiger partial charge in [0.25, 0.3) is 0 Å². The van der Waals surface area contributed by atoms with E-state index in [1.54, 1.807) is 7.11 Å². The Morgan fingerprint density at radius 3 is 2.80 bits per heavy atom. The van der Waals surface area contributed by atoms with Gasteiger partial charge in [0.1, 0.15) is 18.0 Å². The van der Waals surface area contributed by atoms with Crippen LogP contribution in [0.4, 0.5) is 0 Å². The molecule has 1 aromatic heterocycles. The second-order valence-electron chi connectivity index (χ2n) is 6.00. The van der Waals surface area contributed by atoms with Crippen molar-refractivity contribution in [1.82, 2.24) is 5.32 Å². The van der Waals surface area contributed by atoms with Gasteiger partial charge in [-0.2, -0.15) is 0 Å². The Morgan fingerprint density at radius 1 is 1.40 bits per heavy atom. The van der Waals surface area contributed by atoms with Crippen LogP contribution in [-0.2, 0) is 22.4 Å². The molecule has 0 unspecified atom stereocenters. The number of thiophene rings is 1. The smallest absolute Gasteiger partial charge is 0.311 e. The highest BCUT2D eigenvalue weighted by Gasteiger charge is 2.37. The quantitative estimate of drug-likeness (QED) is 0.696. The van der Waals surface area contributed by atoms with Crippen LogP contribution in [0, 0.1) is 0 Å². The zero-order valence-electron chi connectivity index (χ0n) is 13.8. The standard InChI is InChI=1S/C18H20BrNO4S/c1-23-13-4-2-11(3-5-13)6-15-18(16(21)9-20-15)24-17(22)8-14-7-12(19)10-25-14/h2-5,7,10,15-16,18,20-21H,6,8-9H2,1H3/t15-,16+,18+/m1/s1. The molecule has 1 fully saturated rings. The number of nitrogens with one attached hydrogen (secondary N) is 1. The van der Waals surface area contributed by atoms with Crippen molar-refractivity contribution in [2.24, 2.45) is 0 Å². The van der Waals surface area contributed by atoms with Crippen LogP contribution in [0.2, 0.25) is 0 Å². The highest BCUT2D eigenvalue weighted by Crippen LogP contribution is 2.22. The van der Waals surface area contributed by atoms with E-state index in [9.17, 15) is 9.90 Å². The van der Waals surface area contributed by atoms with Gasteiger partial charge in [-0.15, -0.1) is 11.3 Å². The van der Waals surface area contributed by atoms with Crippen molar-refractivity contribution >= 4 is 33.2 Å². The van der Waals surface area contributed by atoms with Crippen LogP contribution in [0.5, 0.6) is 5.75 Å². The summed E-state index contributed by atoms with van der Waals surface area (Å²) < 4.78 is 11.7. The monoisotopic (exact) mass is 425 g/mol. The molecule has 2 aromatic rings. The summed E-state index contributed by atoms with van der Waals surface area (Å²) in [5.74, 6) is 0.482. The molecular weight excluding hydrogens is 406 g/mol. The number of aliphatic hydroxyl groups excluding tert-OH is 1. The zero-order valence-corrected chi connectivity index (χ0v) is 16.2. The van der Waals surface area contributed by atoms with Crippen LogP contribution in [-0.4, -0.2) is 43.0 Å². The molecule has 2 heterocycles. The van der Waals surface area contributed by atoms with E-state index in [0.29, 0.717) is 13.0 Å². The number of rotatable bonds is 6. The number of esters is 1. The summed E-state index contributed by atoms with van der Waals surface area (Å²) in [5, 5.41) is 15.3. The molecule has 5 nitrogen and oxygen atoms in total. The molecule has 0 saturated carbocycles. The lowest BCUT2D eigenvalue weighted by molar-refractivity contribution is -0.153. The van der Waals surface area contributed by atoms with E-state index in [1.807, 2.05) is 35.7 Å². The summed E-state index contributed by atoms with van der Waals surface area (Å²) in [6.45, 7) is 0.420. The molecule has 2 N–H and O–H groups in total. The first-order chi connectivity index (χ1) is 12.0. The number of β-amino-alcohol motifs (C(OH)–C–C–N with tert-alkyl or cyclic N) is 1. The van der Waals surface area contributed by atoms with Crippen molar-refractivity contribution in [1.29, 1.82) is 0 Å². The molecule has 0 amide bonds. The fourth-order valence-corrected chi connectivity index (χ4v) is 4.36. The first kappa shape index (κ1) is 18.4. The van der Waals surface area contributed by atoms with Crippen LogP contribution < -0.4 is 10.1 Å². The van der Waals surface area contributed by atoms with Gasteiger partial charge in [-0.1, -0.05) is 12.1 Å². The van der Waals surface area contributed by atoms with E-state index in [-0.39, 0.29) is 18.4 Å². The molecule has 3 rings (SSSR count). The number of halogens is 1. The Kier molecular flexibility index (Phi) is 6.11. The minimum Gasteiger partial charge on any atom is -0.497 e. The van der Waals surface area contributed by atoms with Crippen molar-refractivity contribution in [3.8, 4) is 5.75 Å². The Morgan fingerprint density at radius 2 is 2.16 bits per heavy atom. The van der Waals surface area contributed by atoms with Crippen molar-refractivity contribution in [3.05, 3.63) is 50.6 Å². The first-order valence-electron chi connectivity index (χ1n) is 8.02. The SMILES string of the molecule is COc1ccc(C[C@H]2NC[C@H](O)[C@H]2OC(=O)Cc2cc(Br)cs2)cc1. The van der Waals surface area contributed by atoms with Gasteiger partial charge in [-0.3, -0.25) is 4.79 Å². The lowest BCUT2D eigenvalue weighted by Crippen LogP contribution is -2.39. The number of hydrogen-bond acceptors (Lipinski definition) is 6. The van der Waals surface area contributed by atoms with Crippen LogP contribution in [0.25, 0.3) is 0 Å². The van der Waals surface area contributed by atoms with Crippen LogP contribution in [0.1, 0.15) is 10.4 Å². The van der Waals surface area contributed by atoms with E-state index >= 15 is 0 Å². The number of aliphatic hydroxyl groups is 1. The van der Waals surface area contributed by atoms with Crippen LogP contribution >= 0.6 is 27.3 Å². The van der Waals surface area contributed by atoms with Gasteiger partial charge in [0, 0.05) is 21.3 Å². The summed E-state index contributed by atoms with van der Waals surface area (Å²) in [7, 11) is 1.63. The topological polar surface area (TPSA) is 67.8 Å². The molecule has 0 spiro atoms. The lowest BCUT2D eigenvalue weighted by atomic mass is 10.0. The largest absolute Gasteiger partial charge is 0.497 e. The normalized spacial score (nSPS) is 22.8. The Bertz CT molecular complexity index is 718. The number of ether oxygens (including phenoxy) is 2. The van der Waals surface area contributed by atoms with Gasteiger partial charge >= 0.3 is 5.97 Å². The molecule has 1 aliphatic heterocycles. The fourth-order valence-electron chi connectivity index (χ4n) is 2.92. The lowest BCUT2D eigenvalue weighted by Gasteiger charge is -2.22. The molecular formula is C18H20BrNO4S. The minimum atomic E-state index is -0.692. The van der Waals surface area contributed by atoms with E-state index in [2.05, 4.69) is 21.2 Å². The Labute approximate surface area is 159 Å². The number of benzene rings is 1. The summed E-state index contributed by atoms with van der Waals surface area (Å²) >= 11 is 4.88. The average molecular weight is 426 g/mol. The van der Waals surface area contributed by atoms with Gasteiger partial charge < -0.3 is 19.9 Å². The Balaban J connectivity index is 1.60. The summed E-state index contributed by atoms with van der Waals surface area (Å²) in [6, 6.07) is 9.56. The Hall–Kier alpha value is -1.41. The van der Waals surface area contributed by atoms with E-state index in [0.717, 1.165) is 20.7 Å². The van der Waals surface area contributed by atoms with E-state index in [4.69, 9.17) is 9.47 Å². The third kappa shape index (κ3) is 4.82. The fraction of sp³-hybridized carbons (Fsp3) is 0.389. The predicted molar refractivity (Wildman–Crippen MR) is 100 cm³/mol.